The Labute approximate surface area is 105 Å². The van der Waals surface area contributed by atoms with E-state index in [0.29, 0.717) is 18.0 Å². The molecule has 94 valence electrons. The van der Waals surface area contributed by atoms with Gasteiger partial charge in [-0.05, 0) is 19.1 Å². The van der Waals surface area contributed by atoms with Gasteiger partial charge in [-0.2, -0.15) is 0 Å². The lowest BCUT2D eigenvalue weighted by molar-refractivity contribution is 0.284. The first-order valence-corrected chi connectivity index (χ1v) is 5.73. The van der Waals surface area contributed by atoms with Crippen LogP contribution < -0.4 is 10.5 Å². The fourth-order valence-corrected chi connectivity index (χ4v) is 1.60. The molecular formula is C14H15FN2O. The molecule has 18 heavy (non-hydrogen) atoms. The lowest BCUT2D eigenvalue weighted by atomic mass is 10.2. The van der Waals surface area contributed by atoms with Crippen LogP contribution in [0.1, 0.15) is 16.8 Å². The third kappa shape index (κ3) is 2.84. The van der Waals surface area contributed by atoms with Crippen LogP contribution in [-0.2, 0) is 13.2 Å². The molecule has 0 atom stereocenters. The minimum absolute atomic E-state index is 0.149. The van der Waals surface area contributed by atoms with Crippen molar-refractivity contribution in [2.75, 3.05) is 0 Å². The van der Waals surface area contributed by atoms with E-state index in [4.69, 9.17) is 10.5 Å². The van der Waals surface area contributed by atoms with Gasteiger partial charge in [0.1, 0.15) is 12.4 Å². The van der Waals surface area contributed by atoms with Gasteiger partial charge in [-0.25, -0.2) is 9.37 Å². The Hall–Kier alpha value is -1.94. The molecule has 0 spiro atoms. The third-order valence-corrected chi connectivity index (χ3v) is 2.62. The molecule has 0 unspecified atom stereocenters. The number of ether oxygens (including phenoxy) is 1. The van der Waals surface area contributed by atoms with Gasteiger partial charge >= 0.3 is 0 Å². The maximum absolute atomic E-state index is 13.4. The van der Waals surface area contributed by atoms with E-state index in [1.807, 2.05) is 19.1 Å². The molecule has 2 aromatic rings. The van der Waals surface area contributed by atoms with E-state index >= 15 is 0 Å². The standard InChI is InChI=1S/C14H15FN2O/c1-10-6-7-11(8-16)14(17-10)18-9-12-4-2-3-5-13(12)15/h2-7H,8-9,16H2,1H3. The molecule has 4 heteroatoms. The van der Waals surface area contributed by atoms with Gasteiger partial charge in [0.15, 0.2) is 0 Å². The van der Waals surface area contributed by atoms with E-state index in [1.54, 1.807) is 18.2 Å². The van der Waals surface area contributed by atoms with E-state index in [9.17, 15) is 4.39 Å². The third-order valence-electron chi connectivity index (χ3n) is 2.62. The highest BCUT2D eigenvalue weighted by atomic mass is 19.1. The second-order valence-electron chi connectivity index (χ2n) is 4.00. The summed E-state index contributed by atoms with van der Waals surface area (Å²) in [6.45, 7) is 2.37. The molecule has 0 aliphatic rings. The molecule has 0 amide bonds. The Bertz CT molecular complexity index is 543. The number of aromatic nitrogens is 1. The first-order chi connectivity index (χ1) is 8.70. The highest BCUT2D eigenvalue weighted by Crippen LogP contribution is 2.17. The lowest BCUT2D eigenvalue weighted by Gasteiger charge is -2.10. The number of pyridine rings is 1. The Kier molecular flexibility index (Phi) is 3.89. The van der Waals surface area contributed by atoms with Crippen molar-refractivity contribution in [2.24, 2.45) is 5.73 Å². The molecule has 0 saturated carbocycles. The van der Waals surface area contributed by atoms with Crippen LogP contribution in [0.15, 0.2) is 36.4 Å². The number of hydrogen-bond donors (Lipinski definition) is 1. The van der Waals surface area contributed by atoms with Crippen molar-refractivity contribution in [2.45, 2.75) is 20.1 Å². The van der Waals surface area contributed by atoms with Crippen LogP contribution in [0.25, 0.3) is 0 Å². The normalized spacial score (nSPS) is 10.4. The second kappa shape index (κ2) is 5.60. The summed E-state index contributed by atoms with van der Waals surface area (Å²) in [5.74, 6) is 0.195. The molecule has 2 N–H and O–H groups in total. The van der Waals surface area contributed by atoms with Gasteiger partial charge in [0.05, 0.1) is 0 Å². The molecule has 0 saturated heterocycles. The molecule has 1 aromatic carbocycles. The minimum atomic E-state index is -0.278. The molecule has 0 aliphatic heterocycles. The fourth-order valence-electron chi connectivity index (χ4n) is 1.60. The van der Waals surface area contributed by atoms with E-state index in [0.717, 1.165) is 11.3 Å². The van der Waals surface area contributed by atoms with Crippen LogP contribution in [-0.4, -0.2) is 4.98 Å². The lowest BCUT2D eigenvalue weighted by Crippen LogP contribution is -2.06. The van der Waals surface area contributed by atoms with Crippen LogP contribution in [0.4, 0.5) is 4.39 Å². The predicted molar refractivity (Wildman–Crippen MR) is 67.6 cm³/mol. The van der Waals surface area contributed by atoms with Crippen molar-refractivity contribution >= 4 is 0 Å². The first kappa shape index (κ1) is 12.5. The van der Waals surface area contributed by atoms with Crippen LogP contribution in [0.5, 0.6) is 5.88 Å². The summed E-state index contributed by atoms with van der Waals surface area (Å²) in [6, 6.07) is 10.3. The van der Waals surface area contributed by atoms with Gasteiger partial charge in [0, 0.05) is 23.4 Å². The summed E-state index contributed by atoms with van der Waals surface area (Å²) in [4.78, 5) is 4.26. The second-order valence-corrected chi connectivity index (χ2v) is 4.00. The number of rotatable bonds is 4. The van der Waals surface area contributed by atoms with E-state index in [-0.39, 0.29) is 12.4 Å². The largest absolute Gasteiger partial charge is 0.472 e. The van der Waals surface area contributed by atoms with E-state index < -0.39 is 0 Å². The van der Waals surface area contributed by atoms with E-state index in [2.05, 4.69) is 4.98 Å². The number of nitrogens with zero attached hydrogens (tertiary/aromatic N) is 1. The maximum atomic E-state index is 13.4. The van der Waals surface area contributed by atoms with Gasteiger partial charge in [-0.3, -0.25) is 0 Å². The van der Waals surface area contributed by atoms with Crippen LogP contribution in [0.2, 0.25) is 0 Å². The molecule has 1 aromatic heterocycles. The van der Waals surface area contributed by atoms with Crippen molar-refractivity contribution in [1.82, 2.24) is 4.98 Å². The summed E-state index contributed by atoms with van der Waals surface area (Å²) in [5, 5.41) is 0. The summed E-state index contributed by atoms with van der Waals surface area (Å²) >= 11 is 0. The van der Waals surface area contributed by atoms with Crippen LogP contribution >= 0.6 is 0 Å². The van der Waals surface area contributed by atoms with Gasteiger partial charge in [-0.1, -0.05) is 24.3 Å². The number of halogens is 1. The zero-order chi connectivity index (χ0) is 13.0. The van der Waals surface area contributed by atoms with E-state index in [1.165, 1.54) is 6.07 Å². The SMILES string of the molecule is Cc1ccc(CN)c(OCc2ccccc2F)n1. The molecule has 0 fully saturated rings. The molecule has 3 nitrogen and oxygen atoms in total. The first-order valence-electron chi connectivity index (χ1n) is 5.73. The Morgan fingerprint density at radius 1 is 1.17 bits per heavy atom. The Morgan fingerprint density at radius 3 is 2.67 bits per heavy atom. The molecule has 1 heterocycles. The number of hydrogen-bond acceptors (Lipinski definition) is 3. The monoisotopic (exact) mass is 246 g/mol. The summed E-state index contributed by atoms with van der Waals surface area (Å²) in [6.07, 6.45) is 0. The minimum Gasteiger partial charge on any atom is -0.472 e. The smallest absolute Gasteiger partial charge is 0.218 e. The van der Waals surface area contributed by atoms with Gasteiger partial charge in [0.2, 0.25) is 5.88 Å². The highest BCUT2D eigenvalue weighted by molar-refractivity contribution is 5.28. The van der Waals surface area contributed by atoms with Crippen molar-refractivity contribution in [3.8, 4) is 5.88 Å². The van der Waals surface area contributed by atoms with Gasteiger partial charge in [-0.15, -0.1) is 0 Å². The molecule has 2 rings (SSSR count). The van der Waals surface area contributed by atoms with Crippen molar-refractivity contribution < 1.29 is 9.13 Å². The summed E-state index contributed by atoms with van der Waals surface area (Å²) < 4.78 is 19.0. The number of aryl methyl sites for hydroxylation is 1. The molecule has 0 bridgehead atoms. The Balaban J connectivity index is 2.15. The number of nitrogens with two attached hydrogens (primary N) is 1. The van der Waals surface area contributed by atoms with Gasteiger partial charge < -0.3 is 10.5 Å². The Morgan fingerprint density at radius 2 is 1.94 bits per heavy atom. The maximum Gasteiger partial charge on any atom is 0.218 e. The van der Waals surface area contributed by atoms with Crippen LogP contribution in [0.3, 0.4) is 0 Å². The predicted octanol–water partition coefficient (Wildman–Crippen LogP) is 2.57. The number of benzene rings is 1. The quantitative estimate of drug-likeness (QED) is 0.902. The van der Waals surface area contributed by atoms with Gasteiger partial charge in [0.25, 0.3) is 0 Å². The topological polar surface area (TPSA) is 48.1 Å². The average molecular weight is 246 g/mol. The average Bonchev–Trinajstić information content (AvgIpc) is 2.38. The summed E-state index contributed by atoms with van der Waals surface area (Å²) in [7, 11) is 0. The highest BCUT2D eigenvalue weighted by Gasteiger charge is 2.07. The van der Waals surface area contributed by atoms with Crippen molar-refractivity contribution in [3.05, 3.63) is 59.0 Å². The van der Waals surface area contributed by atoms with Crippen molar-refractivity contribution in [3.63, 3.8) is 0 Å². The molecule has 0 aliphatic carbocycles. The van der Waals surface area contributed by atoms with Crippen LogP contribution in [0, 0.1) is 12.7 Å². The fraction of sp³-hybridized carbons (Fsp3) is 0.214. The zero-order valence-electron chi connectivity index (χ0n) is 10.2. The molecule has 0 radical (unpaired) electrons. The van der Waals surface area contributed by atoms with Crippen molar-refractivity contribution in [1.29, 1.82) is 0 Å². The zero-order valence-corrected chi connectivity index (χ0v) is 10.2. The molecular weight excluding hydrogens is 231 g/mol. The summed E-state index contributed by atoms with van der Waals surface area (Å²) in [5.41, 5.74) is 7.77.